The summed E-state index contributed by atoms with van der Waals surface area (Å²) in [5.74, 6) is -1.34. The summed E-state index contributed by atoms with van der Waals surface area (Å²) in [5, 5.41) is 13.6. The van der Waals surface area contributed by atoms with Crippen molar-refractivity contribution in [2.45, 2.75) is 0 Å². The predicted octanol–water partition coefficient (Wildman–Crippen LogP) is 0.0392. The van der Waals surface area contributed by atoms with Crippen LogP contribution >= 0.6 is 0 Å². The molecule has 112 valence electrons. The van der Waals surface area contributed by atoms with E-state index in [1.165, 1.54) is 13.1 Å². The van der Waals surface area contributed by atoms with Gasteiger partial charge in [-0.2, -0.15) is 0 Å². The SMILES string of the molecule is CNC(=O)NC(=O)CN1CCOc2c(C(=O)O)cccc21. The molecule has 1 aromatic rings. The monoisotopic (exact) mass is 293 g/mol. The van der Waals surface area contributed by atoms with Gasteiger partial charge in [-0.15, -0.1) is 0 Å². The number of para-hydroxylation sites is 1. The molecule has 0 unspecified atom stereocenters. The number of hydrogen-bond donors (Lipinski definition) is 3. The highest BCUT2D eigenvalue weighted by atomic mass is 16.5. The molecule has 0 fully saturated rings. The molecule has 0 saturated carbocycles. The molecule has 21 heavy (non-hydrogen) atoms. The van der Waals surface area contributed by atoms with E-state index in [0.29, 0.717) is 12.2 Å². The summed E-state index contributed by atoms with van der Waals surface area (Å²) in [6.45, 7) is 0.634. The molecule has 0 spiro atoms. The smallest absolute Gasteiger partial charge is 0.339 e. The van der Waals surface area contributed by atoms with E-state index in [0.717, 1.165) is 0 Å². The number of carboxylic acids is 1. The molecule has 0 atom stereocenters. The second-order valence-corrected chi connectivity index (χ2v) is 4.36. The summed E-state index contributed by atoms with van der Waals surface area (Å²) in [6, 6.07) is 4.11. The van der Waals surface area contributed by atoms with E-state index in [4.69, 9.17) is 9.84 Å². The number of anilines is 1. The van der Waals surface area contributed by atoms with Crippen molar-refractivity contribution in [3.63, 3.8) is 0 Å². The van der Waals surface area contributed by atoms with Crippen molar-refractivity contribution in [3.8, 4) is 5.75 Å². The molecule has 2 rings (SSSR count). The fraction of sp³-hybridized carbons (Fsp3) is 0.308. The Morgan fingerprint density at radius 1 is 1.38 bits per heavy atom. The highest BCUT2D eigenvalue weighted by Gasteiger charge is 2.25. The maximum Gasteiger partial charge on any atom is 0.339 e. The van der Waals surface area contributed by atoms with Crippen LogP contribution in [0.2, 0.25) is 0 Å². The van der Waals surface area contributed by atoms with Crippen LogP contribution in [-0.4, -0.2) is 49.8 Å². The third-order valence-corrected chi connectivity index (χ3v) is 2.99. The molecular formula is C13H15N3O5. The zero-order valence-corrected chi connectivity index (χ0v) is 11.4. The van der Waals surface area contributed by atoms with E-state index in [-0.39, 0.29) is 24.5 Å². The number of benzene rings is 1. The Labute approximate surface area is 120 Å². The van der Waals surface area contributed by atoms with Gasteiger partial charge in [0.2, 0.25) is 5.91 Å². The van der Waals surface area contributed by atoms with E-state index in [1.54, 1.807) is 17.0 Å². The molecule has 0 radical (unpaired) electrons. The van der Waals surface area contributed by atoms with Crippen molar-refractivity contribution in [2.75, 3.05) is 31.6 Å². The molecular weight excluding hydrogens is 278 g/mol. The van der Waals surface area contributed by atoms with Gasteiger partial charge in [0.1, 0.15) is 12.2 Å². The molecule has 1 aliphatic rings. The Bertz CT molecular complexity index is 587. The van der Waals surface area contributed by atoms with E-state index < -0.39 is 17.9 Å². The molecule has 0 bridgehead atoms. The van der Waals surface area contributed by atoms with Gasteiger partial charge in [0, 0.05) is 7.05 Å². The van der Waals surface area contributed by atoms with Crippen LogP contribution in [0.1, 0.15) is 10.4 Å². The van der Waals surface area contributed by atoms with Gasteiger partial charge in [-0.05, 0) is 12.1 Å². The van der Waals surface area contributed by atoms with Crippen molar-refractivity contribution in [2.24, 2.45) is 0 Å². The minimum absolute atomic E-state index is 0.0453. The van der Waals surface area contributed by atoms with Crippen molar-refractivity contribution in [1.29, 1.82) is 0 Å². The largest absolute Gasteiger partial charge is 0.489 e. The van der Waals surface area contributed by atoms with Crippen molar-refractivity contribution >= 4 is 23.6 Å². The van der Waals surface area contributed by atoms with Crippen LogP contribution in [0.5, 0.6) is 5.75 Å². The van der Waals surface area contributed by atoms with Gasteiger partial charge in [0.05, 0.1) is 18.8 Å². The molecule has 0 aliphatic carbocycles. The second-order valence-electron chi connectivity index (χ2n) is 4.36. The summed E-state index contributed by atoms with van der Waals surface area (Å²) in [7, 11) is 1.41. The quantitative estimate of drug-likeness (QED) is 0.726. The van der Waals surface area contributed by atoms with Gasteiger partial charge in [-0.1, -0.05) is 6.07 Å². The third kappa shape index (κ3) is 3.22. The summed E-state index contributed by atoms with van der Waals surface area (Å²) in [4.78, 5) is 35.7. The number of carbonyl (C=O) groups is 3. The van der Waals surface area contributed by atoms with E-state index in [2.05, 4.69) is 10.6 Å². The van der Waals surface area contributed by atoms with Crippen LogP contribution in [0.3, 0.4) is 0 Å². The maximum atomic E-state index is 11.7. The molecule has 3 amide bonds. The summed E-state index contributed by atoms with van der Waals surface area (Å²) < 4.78 is 5.40. The number of hydrogen-bond acceptors (Lipinski definition) is 5. The zero-order valence-electron chi connectivity index (χ0n) is 11.4. The number of carboxylic acid groups (broad SMARTS) is 1. The van der Waals surface area contributed by atoms with Crippen molar-refractivity contribution < 1.29 is 24.2 Å². The van der Waals surface area contributed by atoms with Gasteiger partial charge in [-0.3, -0.25) is 10.1 Å². The van der Waals surface area contributed by atoms with Crippen LogP contribution in [-0.2, 0) is 4.79 Å². The fourth-order valence-corrected chi connectivity index (χ4v) is 2.04. The Morgan fingerprint density at radius 2 is 2.14 bits per heavy atom. The van der Waals surface area contributed by atoms with Crippen LogP contribution in [0.25, 0.3) is 0 Å². The standard InChI is InChI=1S/C13H15N3O5/c1-14-13(20)15-10(17)7-16-5-6-21-11-8(12(18)19)3-2-4-9(11)16/h2-4H,5-7H2,1H3,(H,18,19)(H2,14,15,17,20). The van der Waals surface area contributed by atoms with Gasteiger partial charge in [0.15, 0.2) is 5.75 Å². The molecule has 8 nitrogen and oxygen atoms in total. The maximum absolute atomic E-state index is 11.7. The summed E-state index contributed by atoms with van der Waals surface area (Å²) in [5.41, 5.74) is 0.567. The summed E-state index contributed by atoms with van der Waals surface area (Å²) in [6.07, 6.45) is 0. The van der Waals surface area contributed by atoms with Crippen LogP contribution in [0, 0.1) is 0 Å². The average Bonchev–Trinajstić information content (AvgIpc) is 2.46. The highest BCUT2D eigenvalue weighted by molar-refractivity contribution is 5.97. The van der Waals surface area contributed by atoms with E-state index in [9.17, 15) is 14.4 Å². The Kier molecular flexibility index (Phi) is 4.27. The van der Waals surface area contributed by atoms with Crippen LogP contribution in [0.4, 0.5) is 10.5 Å². The lowest BCUT2D eigenvalue weighted by Crippen LogP contribution is -2.45. The first-order chi connectivity index (χ1) is 10.0. The Morgan fingerprint density at radius 3 is 2.81 bits per heavy atom. The van der Waals surface area contributed by atoms with Crippen LogP contribution < -0.4 is 20.3 Å². The lowest BCUT2D eigenvalue weighted by molar-refractivity contribution is -0.118. The summed E-state index contributed by atoms with van der Waals surface area (Å²) >= 11 is 0. The molecule has 8 heteroatoms. The Balaban J connectivity index is 2.19. The topological polar surface area (TPSA) is 108 Å². The predicted molar refractivity (Wildman–Crippen MR) is 73.7 cm³/mol. The highest BCUT2D eigenvalue weighted by Crippen LogP contribution is 2.34. The fourth-order valence-electron chi connectivity index (χ4n) is 2.04. The van der Waals surface area contributed by atoms with Gasteiger partial charge in [-0.25, -0.2) is 9.59 Å². The number of amides is 3. The molecule has 1 aliphatic heterocycles. The average molecular weight is 293 g/mol. The van der Waals surface area contributed by atoms with Crippen molar-refractivity contribution in [3.05, 3.63) is 23.8 Å². The van der Waals surface area contributed by atoms with Gasteiger partial charge in [0.25, 0.3) is 0 Å². The number of imide groups is 1. The molecule has 3 N–H and O–H groups in total. The van der Waals surface area contributed by atoms with E-state index in [1.807, 2.05) is 0 Å². The number of carbonyl (C=O) groups excluding carboxylic acids is 2. The lowest BCUT2D eigenvalue weighted by Gasteiger charge is -2.31. The first-order valence-corrected chi connectivity index (χ1v) is 6.28. The molecule has 1 aromatic carbocycles. The number of urea groups is 1. The minimum Gasteiger partial charge on any atom is -0.489 e. The lowest BCUT2D eigenvalue weighted by atomic mass is 10.1. The first kappa shape index (κ1) is 14.6. The number of rotatable bonds is 3. The van der Waals surface area contributed by atoms with Crippen molar-refractivity contribution in [1.82, 2.24) is 10.6 Å². The van der Waals surface area contributed by atoms with Gasteiger partial charge < -0.3 is 20.1 Å². The molecule has 1 heterocycles. The first-order valence-electron chi connectivity index (χ1n) is 6.28. The van der Waals surface area contributed by atoms with Crippen LogP contribution in [0.15, 0.2) is 18.2 Å². The normalized spacial score (nSPS) is 12.9. The Hall–Kier alpha value is -2.77. The number of aromatic carboxylic acids is 1. The third-order valence-electron chi connectivity index (χ3n) is 2.99. The molecule has 0 saturated heterocycles. The number of nitrogens with zero attached hydrogens (tertiary/aromatic N) is 1. The second kappa shape index (κ2) is 6.12. The zero-order chi connectivity index (χ0) is 15.4. The van der Waals surface area contributed by atoms with Gasteiger partial charge >= 0.3 is 12.0 Å². The number of fused-ring (bicyclic) bond motifs is 1. The number of nitrogens with one attached hydrogen (secondary N) is 2. The molecule has 0 aromatic heterocycles. The minimum atomic E-state index is -1.09. The van der Waals surface area contributed by atoms with E-state index >= 15 is 0 Å². The number of ether oxygens (including phenoxy) is 1.